The number of unbranched alkanes of at least 4 members (excludes halogenated alkanes) is 3. The molecule has 0 aromatic heterocycles. The highest BCUT2D eigenvalue weighted by molar-refractivity contribution is 7.01. The summed E-state index contributed by atoms with van der Waals surface area (Å²) in [6.45, 7) is 12.5. The molecular weight excluding hydrogens is 304 g/mol. The van der Waals surface area contributed by atoms with E-state index in [0.717, 1.165) is 0 Å². The van der Waals surface area contributed by atoms with E-state index in [0.29, 0.717) is 0 Å². The molecule has 0 fully saturated rings. The molecule has 0 aliphatic carbocycles. The van der Waals surface area contributed by atoms with E-state index in [1.54, 1.807) is 0 Å². The molecule has 0 spiro atoms. The average Bonchev–Trinajstić information content (AvgIpc) is 2.65. The van der Waals surface area contributed by atoms with Gasteiger partial charge in [-0.3, -0.25) is 0 Å². The van der Waals surface area contributed by atoms with Gasteiger partial charge in [0, 0.05) is 0 Å². The predicted molar refractivity (Wildman–Crippen MR) is 113 cm³/mol. The van der Waals surface area contributed by atoms with Gasteiger partial charge < -0.3 is 0 Å². The summed E-state index contributed by atoms with van der Waals surface area (Å²) in [4.78, 5) is 0. The Morgan fingerprint density at radius 3 is 1.58 bits per heavy atom. The molecule has 0 N–H and O–H groups in total. The van der Waals surface area contributed by atoms with Crippen LogP contribution in [0, 0.1) is 0 Å². The molecule has 1 heteroatoms. The maximum absolute atomic E-state index is 3.87. The smallest absolute Gasteiger partial charge is 0.0985 e. The van der Waals surface area contributed by atoms with Crippen molar-refractivity contribution in [3.63, 3.8) is 0 Å². The van der Waals surface area contributed by atoms with Gasteiger partial charge in [-0.1, -0.05) is 123 Å². The second-order valence-electron chi connectivity index (χ2n) is 6.80. The van der Waals surface area contributed by atoms with Crippen molar-refractivity contribution >= 4 is 30.6 Å². The number of hydrogen-bond donors (Lipinski definition) is 0. The van der Waals surface area contributed by atoms with Crippen molar-refractivity contribution in [2.75, 3.05) is 0 Å². The molecule has 0 saturated heterocycles. The van der Waals surface area contributed by atoms with Crippen LogP contribution < -0.4 is 10.4 Å². The molecule has 0 nitrogen and oxygen atoms in total. The van der Waals surface area contributed by atoms with Crippen molar-refractivity contribution in [3.8, 4) is 0 Å². The van der Waals surface area contributed by atoms with Crippen LogP contribution in [-0.4, -0.2) is 8.07 Å². The summed E-state index contributed by atoms with van der Waals surface area (Å²) in [5.74, 6) is 0. The van der Waals surface area contributed by atoms with Crippen LogP contribution in [0.15, 0.2) is 61.7 Å². The highest BCUT2D eigenvalue weighted by Crippen LogP contribution is 2.18. The lowest BCUT2D eigenvalue weighted by molar-refractivity contribution is 0.698. The Bertz CT molecular complexity index is 598. The van der Waals surface area contributed by atoms with E-state index < -0.39 is 8.07 Å². The van der Waals surface area contributed by atoms with Crippen molar-refractivity contribution in [3.05, 3.63) is 72.8 Å². The van der Waals surface area contributed by atoms with E-state index in [4.69, 9.17) is 0 Å². The molecule has 2 aromatic rings. The average molecular weight is 335 g/mol. The number of hydrogen-bond acceptors (Lipinski definition) is 0. The van der Waals surface area contributed by atoms with E-state index in [9.17, 15) is 0 Å². The second kappa shape index (κ2) is 8.84. The third-order valence-corrected chi connectivity index (χ3v) is 9.67. The molecule has 0 radical (unpaired) electrons. The molecule has 0 atom stereocenters. The minimum absolute atomic E-state index is 1.20. The van der Waals surface area contributed by atoms with Crippen LogP contribution >= 0.6 is 0 Å². The molecule has 126 valence electrons. The number of rotatable bonds is 9. The van der Waals surface area contributed by atoms with Crippen molar-refractivity contribution in [2.45, 2.75) is 45.2 Å². The molecule has 0 aliphatic rings. The molecule has 0 amide bonds. The van der Waals surface area contributed by atoms with Gasteiger partial charge in [0.2, 0.25) is 0 Å². The molecule has 0 unspecified atom stereocenters. The first kappa shape index (κ1) is 18.5. The van der Waals surface area contributed by atoms with Gasteiger partial charge >= 0.3 is 0 Å². The summed E-state index contributed by atoms with van der Waals surface area (Å²) >= 11 is 0. The summed E-state index contributed by atoms with van der Waals surface area (Å²) in [5, 5.41) is 3.05. The first-order valence-electron chi connectivity index (χ1n) is 9.10. The third-order valence-electron chi connectivity index (χ3n) is 5.10. The molecular formula is C23H30Si. The Morgan fingerprint density at radius 2 is 1.21 bits per heavy atom. The van der Waals surface area contributed by atoms with Gasteiger partial charge in [-0.15, -0.1) is 0 Å². The second-order valence-corrected chi connectivity index (χ2v) is 11.1. The maximum atomic E-state index is 3.87. The molecule has 0 heterocycles. The molecule has 2 rings (SSSR count). The van der Waals surface area contributed by atoms with Crippen LogP contribution in [0.2, 0.25) is 12.6 Å². The predicted octanol–water partition coefficient (Wildman–Crippen LogP) is 5.75. The van der Waals surface area contributed by atoms with Gasteiger partial charge in [0.1, 0.15) is 8.07 Å². The van der Waals surface area contributed by atoms with Crippen molar-refractivity contribution in [1.29, 1.82) is 0 Å². The molecule has 0 bridgehead atoms. The quantitative estimate of drug-likeness (QED) is 0.405. The minimum Gasteiger partial charge on any atom is -0.0985 e. The summed E-state index contributed by atoms with van der Waals surface area (Å²) in [6.07, 6.45) is 9.14. The normalized spacial score (nSPS) is 11.2. The Kier molecular flexibility index (Phi) is 6.81. The Labute approximate surface area is 149 Å². The van der Waals surface area contributed by atoms with Gasteiger partial charge in [-0.2, -0.15) is 0 Å². The van der Waals surface area contributed by atoms with Crippen LogP contribution in [0.4, 0.5) is 0 Å². The fourth-order valence-electron chi connectivity index (χ4n) is 3.33. The van der Waals surface area contributed by atoms with Gasteiger partial charge in [-0.05, 0) is 17.2 Å². The Morgan fingerprint density at radius 1 is 0.750 bits per heavy atom. The molecule has 24 heavy (non-hydrogen) atoms. The van der Waals surface area contributed by atoms with E-state index in [1.165, 1.54) is 53.2 Å². The van der Waals surface area contributed by atoms with Crippen LogP contribution in [-0.2, 0) is 0 Å². The largest absolute Gasteiger partial charge is 0.115 e. The van der Waals surface area contributed by atoms with E-state index in [-0.39, 0.29) is 0 Å². The van der Waals surface area contributed by atoms with Crippen molar-refractivity contribution < 1.29 is 0 Å². The first-order valence-corrected chi connectivity index (χ1v) is 11.8. The lowest BCUT2D eigenvalue weighted by atomic mass is 10.2. The van der Waals surface area contributed by atoms with Gasteiger partial charge in [0.25, 0.3) is 0 Å². The summed E-state index contributed by atoms with van der Waals surface area (Å²) in [5.41, 5.74) is 2.39. The Balaban J connectivity index is 2.34. The fraction of sp³-hybridized carbons (Fsp3) is 0.304. The van der Waals surface area contributed by atoms with E-state index in [1.807, 2.05) is 12.2 Å². The van der Waals surface area contributed by atoms with Gasteiger partial charge in [0.05, 0.1) is 0 Å². The zero-order chi connectivity index (χ0) is 17.4. The zero-order valence-corrected chi connectivity index (χ0v) is 16.2. The number of benzene rings is 2. The highest BCUT2D eigenvalue weighted by atomic mass is 28.3. The van der Waals surface area contributed by atoms with Crippen LogP contribution in [0.1, 0.15) is 43.7 Å². The minimum atomic E-state index is -1.69. The molecule has 0 aliphatic heterocycles. The lowest BCUT2D eigenvalue weighted by Gasteiger charge is -2.29. The topological polar surface area (TPSA) is 0 Å². The fourth-order valence-corrected chi connectivity index (χ4v) is 7.01. The zero-order valence-electron chi connectivity index (χ0n) is 15.2. The SMILES string of the molecule is C=Cc1ccc([Si](C)(CCCCCC)c2ccc(C=C)cc2)cc1. The van der Waals surface area contributed by atoms with Crippen LogP contribution in [0.25, 0.3) is 12.2 Å². The van der Waals surface area contributed by atoms with Crippen LogP contribution in [0.3, 0.4) is 0 Å². The van der Waals surface area contributed by atoms with Crippen LogP contribution in [0.5, 0.6) is 0 Å². The Hall–Kier alpha value is -1.86. The van der Waals surface area contributed by atoms with Gasteiger partial charge in [-0.25, -0.2) is 0 Å². The first-order chi connectivity index (χ1) is 11.6. The maximum Gasteiger partial charge on any atom is 0.115 e. The highest BCUT2D eigenvalue weighted by Gasteiger charge is 2.31. The molecule has 2 aromatic carbocycles. The summed E-state index contributed by atoms with van der Waals surface area (Å²) < 4.78 is 0. The monoisotopic (exact) mass is 334 g/mol. The summed E-state index contributed by atoms with van der Waals surface area (Å²) in [7, 11) is -1.69. The third kappa shape index (κ3) is 4.36. The lowest BCUT2D eigenvalue weighted by Crippen LogP contribution is -2.55. The van der Waals surface area contributed by atoms with Gasteiger partial charge in [0.15, 0.2) is 0 Å². The standard InChI is InChI=1S/C23H30Si/c1-5-8-9-10-19-24(4,22-15-11-20(6-2)12-16-22)23-17-13-21(7-3)14-18-23/h6-7,11-18H,2-3,5,8-10,19H2,1,4H3. The molecule has 0 saturated carbocycles. The van der Waals surface area contributed by atoms with Crippen molar-refractivity contribution in [2.24, 2.45) is 0 Å². The summed E-state index contributed by atoms with van der Waals surface area (Å²) in [6, 6.07) is 19.4. The van der Waals surface area contributed by atoms with Crippen molar-refractivity contribution in [1.82, 2.24) is 0 Å². The van der Waals surface area contributed by atoms with E-state index in [2.05, 4.69) is 75.2 Å². The van der Waals surface area contributed by atoms with E-state index >= 15 is 0 Å².